The Morgan fingerprint density at radius 1 is 0.867 bits per heavy atom. The van der Waals surface area contributed by atoms with Gasteiger partial charge in [-0.2, -0.15) is 0 Å². The van der Waals surface area contributed by atoms with Crippen molar-refractivity contribution in [3.8, 4) is 11.1 Å². The molecule has 0 saturated heterocycles. The van der Waals surface area contributed by atoms with Crippen LogP contribution in [0.1, 0.15) is 70.2 Å². The Labute approximate surface area is 190 Å². The average molecular weight is 449 g/mol. The number of rotatable bonds is 2. The number of allylic oxidation sites excluding steroid dienone is 4. The van der Waals surface area contributed by atoms with Gasteiger partial charge in [-0.05, 0) is 0 Å². The molecule has 4 rings (SSSR count). The standard InChI is InChI=1S/C21H25.C5H5.C2H6Si.Ti/c1-20(2,3)16-7-9-18-14(12-16)11-15-13-17(21(4,5)6)8-10-19(15)18;1-2-4-5-3-1;1-3-2;/h7-10,12H,11H2,1-6H3;1-3H,4H2;1-2H3;. The normalized spacial score (nSPS) is 15.1. The second-order valence-electron chi connectivity index (χ2n) is 11.3. The van der Waals surface area contributed by atoms with Gasteiger partial charge in [0.15, 0.2) is 0 Å². The summed E-state index contributed by atoms with van der Waals surface area (Å²) < 4.78 is 3.61. The molecule has 156 valence electrons. The first-order valence-corrected chi connectivity index (χ1v) is 17.7. The predicted molar refractivity (Wildman–Crippen MR) is 131 cm³/mol. The topological polar surface area (TPSA) is 0 Å². The summed E-state index contributed by atoms with van der Waals surface area (Å²) in [4.78, 5) is 0. The Morgan fingerprint density at radius 3 is 2.13 bits per heavy atom. The minimum absolute atomic E-state index is 0.192. The van der Waals surface area contributed by atoms with Crippen LogP contribution in [0.3, 0.4) is 0 Å². The molecule has 0 amide bonds. The summed E-state index contributed by atoms with van der Waals surface area (Å²) in [6.07, 6.45) is 9.10. The van der Waals surface area contributed by atoms with Crippen LogP contribution in [0.5, 0.6) is 0 Å². The third-order valence-electron chi connectivity index (χ3n) is 6.59. The van der Waals surface area contributed by atoms with Crippen molar-refractivity contribution in [3.05, 3.63) is 74.7 Å². The van der Waals surface area contributed by atoms with Gasteiger partial charge in [-0.15, -0.1) is 0 Å². The van der Waals surface area contributed by atoms with Crippen LogP contribution in [-0.4, -0.2) is 6.19 Å². The van der Waals surface area contributed by atoms with Gasteiger partial charge in [-0.25, -0.2) is 0 Å². The zero-order chi connectivity index (χ0) is 21.8. The van der Waals surface area contributed by atoms with Crippen molar-refractivity contribution in [1.29, 1.82) is 0 Å². The van der Waals surface area contributed by atoms with Gasteiger partial charge in [-0.3, -0.25) is 0 Å². The maximum atomic E-state index is 2.57. The molecule has 0 unspecified atom stereocenters. The van der Waals surface area contributed by atoms with Crippen molar-refractivity contribution in [1.82, 2.24) is 0 Å². The third-order valence-corrected chi connectivity index (χ3v) is 17.9. The summed E-state index contributed by atoms with van der Waals surface area (Å²) >= 11 is -1.53. The van der Waals surface area contributed by atoms with Gasteiger partial charge in [-0.1, -0.05) is 0 Å². The average Bonchev–Trinajstić information content (AvgIpc) is 3.27. The fraction of sp³-hybridized carbons (Fsp3) is 0.429. The monoisotopic (exact) mass is 448 g/mol. The number of benzene rings is 2. The third kappa shape index (κ3) is 3.90. The molecule has 2 aromatic rings. The summed E-state index contributed by atoms with van der Waals surface area (Å²) in [6, 6.07) is 12.2. The van der Waals surface area contributed by atoms with Gasteiger partial charge >= 0.3 is 191 Å². The van der Waals surface area contributed by atoms with E-state index in [-0.39, 0.29) is 17.0 Å². The van der Waals surface area contributed by atoms with Crippen LogP contribution in [0.25, 0.3) is 11.1 Å². The Morgan fingerprint density at radius 2 is 1.57 bits per heavy atom. The molecule has 0 spiro atoms. The SMILES string of the molecule is C[Si](C)=[Ti]([C]1=CC=CC1)[c]1c(C(C)(C)C)ccc2c1Cc1cc(C(C)(C)C)ccc1-2. The fourth-order valence-electron chi connectivity index (χ4n) is 5.02. The fourth-order valence-corrected chi connectivity index (χ4v) is 16.8. The molecule has 0 N–H and O–H groups in total. The Hall–Kier alpha value is -1.15. The molecule has 0 saturated carbocycles. The molecule has 2 aliphatic carbocycles. The quantitative estimate of drug-likeness (QED) is 0.364. The van der Waals surface area contributed by atoms with Crippen molar-refractivity contribution in [3.63, 3.8) is 0 Å². The zero-order valence-electron chi connectivity index (χ0n) is 20.0. The Kier molecular flexibility index (Phi) is 5.71. The Balaban J connectivity index is 1.97. The first kappa shape index (κ1) is 22.1. The van der Waals surface area contributed by atoms with Crippen molar-refractivity contribution in [2.45, 2.75) is 78.3 Å². The van der Waals surface area contributed by atoms with Crippen LogP contribution in [0.4, 0.5) is 0 Å². The van der Waals surface area contributed by atoms with E-state index >= 15 is 0 Å². The molecular formula is C28H36SiTi. The maximum absolute atomic E-state index is 2.57. The van der Waals surface area contributed by atoms with E-state index < -0.39 is 16.6 Å². The summed E-state index contributed by atoms with van der Waals surface area (Å²) in [5.41, 5.74) is 9.70. The van der Waals surface area contributed by atoms with Crippen LogP contribution in [0.2, 0.25) is 13.1 Å². The number of hydrogen-bond donors (Lipinski definition) is 0. The van der Waals surface area contributed by atoms with Gasteiger partial charge in [0, 0.05) is 0 Å². The predicted octanol–water partition coefficient (Wildman–Crippen LogP) is 7.19. The second kappa shape index (κ2) is 7.77. The molecule has 0 aromatic heterocycles. The van der Waals surface area contributed by atoms with Crippen molar-refractivity contribution in [2.75, 3.05) is 0 Å². The molecule has 2 heteroatoms. The molecule has 0 nitrogen and oxygen atoms in total. The Bertz CT molecular complexity index is 1110. The molecule has 30 heavy (non-hydrogen) atoms. The van der Waals surface area contributed by atoms with E-state index in [9.17, 15) is 0 Å². The number of hydrogen-bond acceptors (Lipinski definition) is 0. The van der Waals surface area contributed by atoms with E-state index in [0.29, 0.717) is 0 Å². The van der Waals surface area contributed by atoms with Crippen molar-refractivity contribution >= 4 is 10.1 Å². The summed E-state index contributed by atoms with van der Waals surface area (Å²) in [5, 5.41) is 0. The van der Waals surface area contributed by atoms with Gasteiger partial charge < -0.3 is 0 Å². The van der Waals surface area contributed by atoms with Gasteiger partial charge in [0.1, 0.15) is 0 Å². The molecule has 0 aliphatic heterocycles. The molecule has 2 aliphatic rings. The van der Waals surface area contributed by atoms with Crippen molar-refractivity contribution in [2.24, 2.45) is 0 Å². The van der Waals surface area contributed by atoms with Gasteiger partial charge in [0.05, 0.1) is 0 Å². The van der Waals surface area contributed by atoms with Crippen molar-refractivity contribution < 1.29 is 16.6 Å². The van der Waals surface area contributed by atoms with Crippen LogP contribution in [0.15, 0.2) is 52.4 Å². The van der Waals surface area contributed by atoms with Crippen LogP contribution in [-0.2, 0) is 33.9 Å². The van der Waals surface area contributed by atoms with E-state index in [4.69, 9.17) is 0 Å². The van der Waals surface area contributed by atoms with E-state index in [2.05, 4.69) is 103 Å². The van der Waals surface area contributed by atoms with E-state index in [1.54, 1.807) is 20.6 Å². The number of fused-ring (bicyclic) bond motifs is 3. The molecule has 0 bridgehead atoms. The van der Waals surface area contributed by atoms with Crippen LogP contribution >= 0.6 is 0 Å². The van der Waals surface area contributed by atoms with E-state index in [1.807, 2.05) is 3.87 Å². The molecule has 0 atom stereocenters. The first-order valence-electron chi connectivity index (χ1n) is 11.3. The second-order valence-corrected chi connectivity index (χ2v) is 23.0. The summed E-state index contributed by atoms with van der Waals surface area (Å²) in [6.45, 7) is 19.4. The van der Waals surface area contributed by atoms with Gasteiger partial charge in [0.25, 0.3) is 0 Å². The molecule has 0 heterocycles. The summed E-state index contributed by atoms with van der Waals surface area (Å²) in [5.74, 6) is 0. The zero-order valence-corrected chi connectivity index (χ0v) is 22.6. The van der Waals surface area contributed by atoms with Crippen LogP contribution in [0, 0.1) is 0 Å². The van der Waals surface area contributed by atoms with Crippen LogP contribution < -0.4 is 3.87 Å². The molecule has 0 radical (unpaired) electrons. The molecular weight excluding hydrogens is 412 g/mol. The summed E-state index contributed by atoms with van der Waals surface area (Å²) in [7, 11) is 0. The molecule has 2 aromatic carbocycles. The van der Waals surface area contributed by atoms with E-state index in [0.717, 1.165) is 6.42 Å². The van der Waals surface area contributed by atoms with Gasteiger partial charge in [0.2, 0.25) is 0 Å². The minimum atomic E-state index is -1.53. The molecule has 0 fully saturated rings. The first-order chi connectivity index (χ1) is 14.0. The van der Waals surface area contributed by atoms with E-state index in [1.165, 1.54) is 23.1 Å².